The first-order valence-corrected chi connectivity index (χ1v) is 6.77. The summed E-state index contributed by atoms with van der Waals surface area (Å²) in [6.45, 7) is 0. The number of thiocarbonyl (C=S) groups is 1. The molecule has 1 aromatic carbocycles. The molecule has 0 saturated heterocycles. The molecule has 0 aliphatic heterocycles. The molecule has 0 unspecified atom stereocenters. The summed E-state index contributed by atoms with van der Waals surface area (Å²) in [7, 11) is 0. The normalized spacial score (nSPS) is 11.2. The summed E-state index contributed by atoms with van der Waals surface area (Å²) in [5, 5.41) is 0. The zero-order chi connectivity index (χ0) is 15.6. The van der Waals surface area contributed by atoms with Gasteiger partial charge in [0.1, 0.15) is 16.5 Å². The van der Waals surface area contributed by atoms with Crippen molar-refractivity contribution in [1.82, 2.24) is 4.98 Å². The van der Waals surface area contributed by atoms with Crippen LogP contribution in [0.1, 0.15) is 11.1 Å². The van der Waals surface area contributed by atoms with Crippen LogP contribution in [0.5, 0.6) is 11.5 Å². The SMILES string of the molecule is NC(=S)c1cc(C(F)(F)F)ccc1Oc1cncc(Br)c1. The van der Waals surface area contributed by atoms with Crippen molar-refractivity contribution >= 4 is 33.1 Å². The predicted molar refractivity (Wildman–Crippen MR) is 79.3 cm³/mol. The van der Waals surface area contributed by atoms with Crippen LogP contribution in [0.2, 0.25) is 0 Å². The number of pyridine rings is 1. The highest BCUT2D eigenvalue weighted by Gasteiger charge is 2.31. The number of aromatic nitrogens is 1. The van der Waals surface area contributed by atoms with Gasteiger partial charge >= 0.3 is 6.18 Å². The fourth-order valence-corrected chi connectivity index (χ4v) is 2.07. The number of benzene rings is 1. The second-order valence-corrected chi connectivity index (χ2v) is 5.37. The number of alkyl halides is 3. The Hall–Kier alpha value is -1.67. The van der Waals surface area contributed by atoms with Crippen molar-refractivity contribution < 1.29 is 17.9 Å². The Bertz CT molecular complexity index is 691. The molecule has 2 N–H and O–H groups in total. The van der Waals surface area contributed by atoms with E-state index in [0.29, 0.717) is 10.2 Å². The molecule has 1 heterocycles. The largest absolute Gasteiger partial charge is 0.455 e. The first-order chi connectivity index (χ1) is 9.77. The summed E-state index contributed by atoms with van der Waals surface area (Å²) < 4.78 is 44.3. The lowest BCUT2D eigenvalue weighted by Crippen LogP contribution is -2.13. The van der Waals surface area contributed by atoms with Gasteiger partial charge in [-0.05, 0) is 40.2 Å². The lowest BCUT2D eigenvalue weighted by Gasteiger charge is -2.13. The minimum absolute atomic E-state index is 0.0137. The molecule has 0 aliphatic rings. The first kappa shape index (κ1) is 15.7. The fraction of sp³-hybridized carbons (Fsp3) is 0.0769. The number of nitrogens with two attached hydrogens (primary N) is 1. The van der Waals surface area contributed by atoms with Crippen LogP contribution in [0.4, 0.5) is 13.2 Å². The van der Waals surface area contributed by atoms with Crippen LogP contribution in [0.3, 0.4) is 0 Å². The maximum absolute atomic E-state index is 12.7. The minimum atomic E-state index is -4.48. The van der Waals surface area contributed by atoms with Crippen LogP contribution in [0.15, 0.2) is 41.1 Å². The van der Waals surface area contributed by atoms with Crippen LogP contribution >= 0.6 is 28.1 Å². The molecular formula is C13H8BrF3N2OS. The van der Waals surface area contributed by atoms with E-state index < -0.39 is 11.7 Å². The summed E-state index contributed by atoms with van der Waals surface area (Å²) in [6, 6.07) is 4.57. The first-order valence-electron chi connectivity index (χ1n) is 5.57. The second kappa shape index (κ2) is 5.98. The standard InChI is InChI=1S/C13H8BrF3N2OS/c14-8-4-9(6-19-5-8)20-11-2-1-7(13(15,16)17)3-10(11)12(18)21/h1-6H,(H2,18,21). The highest BCUT2D eigenvalue weighted by Crippen LogP contribution is 2.34. The van der Waals surface area contributed by atoms with Crippen LogP contribution in [-0.4, -0.2) is 9.97 Å². The van der Waals surface area contributed by atoms with Crippen LogP contribution in [0, 0.1) is 0 Å². The molecule has 1 aromatic heterocycles. The smallest absolute Gasteiger partial charge is 0.416 e. The van der Waals surface area contributed by atoms with Gasteiger partial charge in [-0.3, -0.25) is 4.98 Å². The van der Waals surface area contributed by atoms with Crippen LogP contribution in [0.25, 0.3) is 0 Å². The van der Waals surface area contributed by atoms with Gasteiger partial charge in [0.05, 0.1) is 17.3 Å². The van der Waals surface area contributed by atoms with Gasteiger partial charge in [-0.15, -0.1) is 0 Å². The van der Waals surface area contributed by atoms with Gasteiger partial charge in [0.2, 0.25) is 0 Å². The molecule has 0 atom stereocenters. The predicted octanol–water partition coefficient (Wildman–Crippen LogP) is 4.29. The summed E-state index contributed by atoms with van der Waals surface area (Å²) in [6.07, 6.45) is -1.50. The van der Waals surface area contributed by atoms with E-state index in [-0.39, 0.29) is 16.3 Å². The maximum atomic E-state index is 12.7. The average Bonchev–Trinajstić information content (AvgIpc) is 2.37. The molecule has 0 bridgehead atoms. The Morgan fingerprint density at radius 1 is 1.24 bits per heavy atom. The molecule has 110 valence electrons. The van der Waals surface area contributed by atoms with Gasteiger partial charge in [0.15, 0.2) is 0 Å². The Labute approximate surface area is 132 Å². The van der Waals surface area contributed by atoms with Crippen molar-refractivity contribution in [2.75, 3.05) is 0 Å². The molecule has 0 aliphatic carbocycles. The fourth-order valence-electron chi connectivity index (χ4n) is 1.56. The molecule has 8 heteroatoms. The van der Waals surface area contributed by atoms with Gasteiger partial charge in [-0.25, -0.2) is 0 Å². The van der Waals surface area contributed by atoms with Crippen molar-refractivity contribution in [2.45, 2.75) is 6.18 Å². The third-order valence-electron chi connectivity index (χ3n) is 2.48. The Morgan fingerprint density at radius 2 is 1.95 bits per heavy atom. The van der Waals surface area contributed by atoms with E-state index in [0.717, 1.165) is 12.1 Å². The van der Waals surface area contributed by atoms with Gasteiger partial charge < -0.3 is 10.5 Å². The summed E-state index contributed by atoms with van der Waals surface area (Å²) in [5.41, 5.74) is 4.64. The molecule has 0 amide bonds. The van der Waals surface area contributed by atoms with Crippen molar-refractivity contribution in [2.24, 2.45) is 5.73 Å². The lowest BCUT2D eigenvalue weighted by molar-refractivity contribution is -0.137. The van der Waals surface area contributed by atoms with Gasteiger partial charge in [0, 0.05) is 10.7 Å². The topological polar surface area (TPSA) is 48.1 Å². The van der Waals surface area contributed by atoms with Crippen molar-refractivity contribution in [1.29, 1.82) is 0 Å². The average molecular weight is 377 g/mol. The summed E-state index contributed by atoms with van der Waals surface area (Å²) in [4.78, 5) is 3.71. The molecule has 21 heavy (non-hydrogen) atoms. The van der Waals surface area contributed by atoms with E-state index in [4.69, 9.17) is 22.7 Å². The number of hydrogen-bond donors (Lipinski definition) is 1. The molecule has 0 radical (unpaired) electrons. The molecule has 2 aromatic rings. The number of halogens is 4. The Balaban J connectivity index is 2.42. The minimum Gasteiger partial charge on any atom is -0.455 e. The van der Waals surface area contributed by atoms with E-state index in [1.807, 2.05) is 0 Å². The van der Waals surface area contributed by atoms with Gasteiger partial charge in [-0.1, -0.05) is 12.2 Å². The zero-order valence-corrected chi connectivity index (χ0v) is 12.7. The molecule has 0 spiro atoms. The monoisotopic (exact) mass is 376 g/mol. The van der Waals surface area contributed by atoms with E-state index >= 15 is 0 Å². The summed E-state index contributed by atoms with van der Waals surface area (Å²) >= 11 is 8.00. The second-order valence-electron chi connectivity index (χ2n) is 4.01. The third-order valence-corrected chi connectivity index (χ3v) is 3.13. The molecule has 3 nitrogen and oxygen atoms in total. The highest BCUT2D eigenvalue weighted by molar-refractivity contribution is 9.10. The summed E-state index contributed by atoms with van der Waals surface area (Å²) in [5.74, 6) is 0.483. The number of ether oxygens (including phenoxy) is 1. The Kier molecular flexibility index (Phi) is 4.48. The number of nitrogens with zero attached hydrogens (tertiary/aromatic N) is 1. The van der Waals surface area contributed by atoms with Crippen molar-refractivity contribution in [3.63, 3.8) is 0 Å². The van der Waals surface area contributed by atoms with Gasteiger partial charge in [-0.2, -0.15) is 13.2 Å². The Morgan fingerprint density at radius 3 is 2.52 bits per heavy atom. The molecule has 2 rings (SSSR count). The van der Waals surface area contributed by atoms with Crippen molar-refractivity contribution in [3.8, 4) is 11.5 Å². The van der Waals surface area contributed by atoms with E-state index in [1.54, 1.807) is 12.3 Å². The van der Waals surface area contributed by atoms with E-state index in [9.17, 15) is 13.2 Å². The maximum Gasteiger partial charge on any atom is 0.416 e. The number of hydrogen-bond acceptors (Lipinski definition) is 3. The molecule has 0 fully saturated rings. The quantitative estimate of drug-likeness (QED) is 0.811. The highest BCUT2D eigenvalue weighted by atomic mass is 79.9. The molecule has 0 saturated carbocycles. The van der Waals surface area contributed by atoms with Gasteiger partial charge in [0.25, 0.3) is 0 Å². The van der Waals surface area contributed by atoms with Crippen LogP contribution in [-0.2, 0) is 6.18 Å². The van der Waals surface area contributed by atoms with E-state index in [1.165, 1.54) is 12.3 Å². The zero-order valence-electron chi connectivity index (χ0n) is 10.3. The lowest BCUT2D eigenvalue weighted by atomic mass is 10.1. The molecular weight excluding hydrogens is 369 g/mol. The number of rotatable bonds is 3. The van der Waals surface area contributed by atoms with Crippen LogP contribution < -0.4 is 10.5 Å². The van der Waals surface area contributed by atoms with Crippen molar-refractivity contribution in [3.05, 3.63) is 52.3 Å². The third kappa shape index (κ3) is 3.92. The van der Waals surface area contributed by atoms with E-state index in [2.05, 4.69) is 20.9 Å².